The maximum Gasteiger partial charge on any atom is 0.124 e. The summed E-state index contributed by atoms with van der Waals surface area (Å²) in [5.74, 6) is 0.692. The molecule has 2 aliphatic rings. The summed E-state index contributed by atoms with van der Waals surface area (Å²) < 4.78 is 11.6. The fourth-order valence-electron chi connectivity index (χ4n) is 4.29. The zero-order chi connectivity index (χ0) is 24.9. The zero-order valence-electron chi connectivity index (χ0n) is 19.9. The quantitative estimate of drug-likeness (QED) is 0.379. The third-order valence-corrected chi connectivity index (χ3v) is 6.88. The van der Waals surface area contributed by atoms with Crippen molar-refractivity contribution in [2.24, 2.45) is 5.10 Å². The molecule has 2 atom stereocenters. The molecule has 1 saturated heterocycles. The van der Waals surface area contributed by atoms with Gasteiger partial charge in [0, 0.05) is 49.1 Å². The van der Waals surface area contributed by atoms with E-state index in [1.54, 1.807) is 12.4 Å². The highest BCUT2D eigenvalue weighted by molar-refractivity contribution is 6.35. The normalized spacial score (nSPS) is 19.4. The third-order valence-electron chi connectivity index (χ3n) is 6.28. The molecule has 1 fully saturated rings. The highest BCUT2D eigenvalue weighted by Crippen LogP contribution is 2.33. The number of rotatable bonds is 8. The molecule has 0 spiro atoms. The summed E-state index contributed by atoms with van der Waals surface area (Å²) in [5, 5.41) is 17.5. The van der Waals surface area contributed by atoms with Crippen LogP contribution < -0.4 is 15.5 Å². The minimum absolute atomic E-state index is 0.0148. The maximum absolute atomic E-state index is 6.29. The molecule has 36 heavy (non-hydrogen) atoms. The van der Waals surface area contributed by atoms with Gasteiger partial charge in [0.1, 0.15) is 11.9 Å². The van der Waals surface area contributed by atoms with Gasteiger partial charge in [-0.2, -0.15) is 10.2 Å². The van der Waals surface area contributed by atoms with Gasteiger partial charge in [-0.05, 0) is 50.1 Å². The fraction of sp³-hybridized carbons (Fsp3) is 0.346. The fourth-order valence-corrected chi connectivity index (χ4v) is 4.96. The minimum Gasteiger partial charge on any atom is -0.486 e. The molecule has 0 radical (unpaired) electrons. The first-order valence-corrected chi connectivity index (χ1v) is 12.8. The number of nitrogens with one attached hydrogen (secondary N) is 3. The lowest BCUT2D eigenvalue weighted by Crippen LogP contribution is -2.39. The lowest BCUT2D eigenvalue weighted by molar-refractivity contribution is 0.0792. The maximum atomic E-state index is 6.29. The van der Waals surface area contributed by atoms with Crippen molar-refractivity contribution < 1.29 is 9.47 Å². The molecule has 0 aliphatic carbocycles. The topological polar surface area (TPSA) is 96.5 Å². The Balaban J connectivity index is 1.21. The summed E-state index contributed by atoms with van der Waals surface area (Å²) in [7, 11) is 0. The summed E-state index contributed by atoms with van der Waals surface area (Å²) in [5.41, 5.74) is 6.62. The molecule has 0 amide bonds. The van der Waals surface area contributed by atoms with E-state index >= 15 is 0 Å². The number of hydrazone groups is 1. The molecule has 1 aromatic carbocycles. The molecule has 4 heterocycles. The van der Waals surface area contributed by atoms with Gasteiger partial charge in [0.2, 0.25) is 0 Å². The third kappa shape index (κ3) is 5.90. The number of aromatic nitrogens is 3. The van der Waals surface area contributed by atoms with Crippen LogP contribution in [0.4, 0.5) is 0 Å². The summed E-state index contributed by atoms with van der Waals surface area (Å²) >= 11 is 12.6. The van der Waals surface area contributed by atoms with Crippen LogP contribution in [0, 0.1) is 0 Å². The molecule has 10 heteroatoms. The largest absolute Gasteiger partial charge is 0.486 e. The first-order valence-electron chi connectivity index (χ1n) is 12.0. The van der Waals surface area contributed by atoms with Crippen LogP contribution in [0.25, 0.3) is 17.0 Å². The van der Waals surface area contributed by atoms with Crippen molar-refractivity contribution in [3.63, 3.8) is 0 Å². The van der Waals surface area contributed by atoms with Gasteiger partial charge in [-0.25, -0.2) is 0 Å². The van der Waals surface area contributed by atoms with Crippen molar-refractivity contribution in [2.45, 2.75) is 38.0 Å². The van der Waals surface area contributed by atoms with E-state index < -0.39 is 0 Å². The number of halogens is 2. The van der Waals surface area contributed by atoms with Gasteiger partial charge in [-0.3, -0.25) is 15.5 Å². The van der Waals surface area contributed by atoms with Gasteiger partial charge in [-0.1, -0.05) is 35.4 Å². The second-order valence-electron chi connectivity index (χ2n) is 8.84. The van der Waals surface area contributed by atoms with Gasteiger partial charge >= 0.3 is 0 Å². The predicted octanol–water partition coefficient (Wildman–Crippen LogP) is 5.07. The molecule has 0 saturated carbocycles. The molecule has 8 nitrogen and oxygen atoms in total. The number of hydrogen-bond donors (Lipinski definition) is 3. The van der Waals surface area contributed by atoms with Gasteiger partial charge in [0.25, 0.3) is 0 Å². The average molecular weight is 527 g/mol. The summed E-state index contributed by atoms with van der Waals surface area (Å²) in [4.78, 5) is 4.01. The highest BCUT2D eigenvalue weighted by atomic mass is 35.5. The molecule has 2 aliphatic heterocycles. The van der Waals surface area contributed by atoms with Crippen LogP contribution in [0.3, 0.4) is 0 Å². The molecular formula is C26H28Cl2N6O2. The smallest absolute Gasteiger partial charge is 0.124 e. The first-order chi connectivity index (χ1) is 17.6. The van der Waals surface area contributed by atoms with Crippen LogP contribution in [0.2, 0.25) is 10.0 Å². The van der Waals surface area contributed by atoms with Crippen molar-refractivity contribution in [3.05, 3.63) is 70.1 Å². The number of benzene rings is 1. The van der Waals surface area contributed by atoms with Gasteiger partial charge in [0.05, 0.1) is 33.0 Å². The van der Waals surface area contributed by atoms with Crippen molar-refractivity contribution in [1.82, 2.24) is 25.9 Å². The average Bonchev–Trinajstić information content (AvgIpc) is 3.29. The summed E-state index contributed by atoms with van der Waals surface area (Å²) in [6, 6.07) is 6.28. The predicted molar refractivity (Wildman–Crippen MR) is 144 cm³/mol. The van der Waals surface area contributed by atoms with Crippen LogP contribution in [0.1, 0.15) is 37.1 Å². The molecule has 0 bridgehead atoms. The molecule has 3 aromatic rings. The number of nitrogens with zero attached hydrogens (tertiary/aromatic N) is 3. The van der Waals surface area contributed by atoms with Crippen LogP contribution in [0.15, 0.2) is 53.9 Å². The Kier molecular flexibility index (Phi) is 7.87. The van der Waals surface area contributed by atoms with Crippen molar-refractivity contribution in [1.29, 1.82) is 0 Å². The van der Waals surface area contributed by atoms with E-state index in [0.29, 0.717) is 27.4 Å². The highest BCUT2D eigenvalue weighted by Gasteiger charge is 2.17. The lowest BCUT2D eigenvalue weighted by Gasteiger charge is -2.23. The SMILES string of the molecule is C[C@@H](Oc1ccc2[nH]nc(/C=C/C3C=CC(CNC4CCOCC4)=NN3)c2c1)c1c(Cl)cncc1Cl. The number of aromatic amines is 1. The van der Waals surface area contributed by atoms with E-state index in [1.807, 2.05) is 37.3 Å². The Morgan fingerprint density at radius 2 is 2.03 bits per heavy atom. The number of fused-ring (bicyclic) bond motifs is 1. The van der Waals surface area contributed by atoms with E-state index in [9.17, 15) is 0 Å². The van der Waals surface area contributed by atoms with E-state index in [1.165, 1.54) is 0 Å². The molecular weight excluding hydrogens is 499 g/mol. The van der Waals surface area contributed by atoms with Crippen molar-refractivity contribution in [3.8, 4) is 5.75 Å². The first kappa shape index (κ1) is 24.8. The number of ether oxygens (including phenoxy) is 2. The minimum atomic E-state index is -0.346. The van der Waals surface area contributed by atoms with E-state index in [0.717, 1.165) is 54.9 Å². The van der Waals surface area contributed by atoms with Gasteiger partial charge in [0.15, 0.2) is 0 Å². The van der Waals surface area contributed by atoms with E-state index in [2.05, 4.69) is 43.2 Å². The van der Waals surface area contributed by atoms with Crippen molar-refractivity contribution >= 4 is 45.9 Å². The van der Waals surface area contributed by atoms with Crippen LogP contribution in [-0.2, 0) is 4.74 Å². The number of pyridine rings is 1. The monoisotopic (exact) mass is 526 g/mol. The summed E-state index contributed by atoms with van der Waals surface area (Å²) in [6.07, 6.45) is 13.0. The van der Waals surface area contributed by atoms with Crippen LogP contribution >= 0.6 is 23.2 Å². The van der Waals surface area contributed by atoms with E-state index in [-0.39, 0.29) is 12.1 Å². The van der Waals surface area contributed by atoms with Gasteiger partial charge < -0.3 is 14.8 Å². The molecule has 188 valence electrons. The van der Waals surface area contributed by atoms with E-state index in [4.69, 9.17) is 32.7 Å². The number of hydrogen-bond acceptors (Lipinski definition) is 7. The summed E-state index contributed by atoms with van der Waals surface area (Å²) in [6.45, 7) is 4.30. The molecule has 2 aromatic heterocycles. The zero-order valence-corrected chi connectivity index (χ0v) is 21.4. The second-order valence-corrected chi connectivity index (χ2v) is 9.65. The Morgan fingerprint density at radius 1 is 1.22 bits per heavy atom. The Hall–Kier alpha value is -2.91. The molecule has 5 rings (SSSR count). The Bertz CT molecular complexity index is 1280. The Morgan fingerprint density at radius 3 is 2.78 bits per heavy atom. The molecule has 1 unspecified atom stereocenters. The molecule has 3 N–H and O–H groups in total. The van der Waals surface area contributed by atoms with Crippen molar-refractivity contribution in [2.75, 3.05) is 19.8 Å². The standard InChI is InChI=1S/C26H28Cl2N6O2/c1-16(26-22(27)14-29-15-23(26)28)36-20-5-7-25-21(12-20)24(33-34-25)6-4-18-2-3-19(32-31-18)13-30-17-8-10-35-11-9-17/h2-7,12,14-18,30-31H,8-11,13H2,1H3,(H,33,34)/b6-4+/t16-,18?/m1/s1. The van der Waals surface area contributed by atoms with Crippen LogP contribution in [-0.4, -0.2) is 52.7 Å². The number of H-pyrrole nitrogens is 1. The Labute approximate surface area is 219 Å². The second kappa shape index (κ2) is 11.4. The van der Waals surface area contributed by atoms with Gasteiger partial charge in [-0.15, -0.1) is 0 Å². The van der Waals surface area contributed by atoms with Crippen LogP contribution in [0.5, 0.6) is 5.75 Å². The lowest BCUT2D eigenvalue weighted by atomic mass is 10.1.